The number of sulfonamides is 1. The monoisotopic (exact) mass is 671 g/mol. The lowest BCUT2D eigenvalue weighted by atomic mass is 10.0. The topological polar surface area (TPSA) is 86.8 Å². The van der Waals surface area contributed by atoms with Crippen LogP contribution in [0.4, 0.5) is 5.69 Å². The average molecular weight is 673 g/mol. The van der Waals surface area contributed by atoms with E-state index in [1.54, 1.807) is 42.5 Å². The third-order valence-corrected chi connectivity index (χ3v) is 9.15. The molecule has 4 aromatic carbocycles. The van der Waals surface area contributed by atoms with Crippen LogP contribution in [0.5, 0.6) is 0 Å². The fourth-order valence-electron chi connectivity index (χ4n) is 4.70. The minimum Gasteiger partial charge on any atom is -0.352 e. The van der Waals surface area contributed by atoms with Gasteiger partial charge in [-0.3, -0.25) is 13.9 Å². The standard InChI is InChI=1S/C33H32Cl3N3O4S/c1-23(2)37-33(41)31(17-24-10-5-3-6-11-24)38(21-25-12-9-13-26(34)16-25)32(40)22-39(29-19-27(35)18-28(36)20-29)44(42,43)30-14-7-4-8-15-30/h3-16,18-20,23,31H,17,21-22H2,1-2H3,(H,37,41)/t31-/m1/s1. The molecule has 4 aromatic rings. The lowest BCUT2D eigenvalue weighted by molar-refractivity contribution is -0.140. The van der Waals surface area contributed by atoms with Gasteiger partial charge in [-0.15, -0.1) is 0 Å². The number of halogens is 3. The first-order valence-electron chi connectivity index (χ1n) is 13.9. The smallest absolute Gasteiger partial charge is 0.264 e. The van der Waals surface area contributed by atoms with Gasteiger partial charge in [-0.2, -0.15) is 0 Å². The van der Waals surface area contributed by atoms with Crippen molar-refractivity contribution in [3.63, 3.8) is 0 Å². The van der Waals surface area contributed by atoms with Gasteiger partial charge in [-0.1, -0.05) is 95.5 Å². The highest BCUT2D eigenvalue weighted by Gasteiger charge is 2.35. The second-order valence-corrected chi connectivity index (χ2v) is 13.6. The van der Waals surface area contributed by atoms with Crippen molar-refractivity contribution in [1.82, 2.24) is 10.2 Å². The maximum atomic E-state index is 14.4. The van der Waals surface area contributed by atoms with Gasteiger partial charge < -0.3 is 10.2 Å². The van der Waals surface area contributed by atoms with Gasteiger partial charge in [-0.05, 0) is 67.4 Å². The summed E-state index contributed by atoms with van der Waals surface area (Å²) in [7, 11) is -4.27. The predicted molar refractivity (Wildman–Crippen MR) is 177 cm³/mol. The van der Waals surface area contributed by atoms with E-state index in [0.717, 1.165) is 9.87 Å². The summed E-state index contributed by atoms with van der Waals surface area (Å²) in [5.41, 5.74) is 1.61. The highest BCUT2D eigenvalue weighted by Crippen LogP contribution is 2.30. The average Bonchev–Trinajstić information content (AvgIpc) is 2.97. The Hall–Kier alpha value is -3.56. The van der Waals surface area contributed by atoms with E-state index in [4.69, 9.17) is 34.8 Å². The summed E-state index contributed by atoms with van der Waals surface area (Å²) in [5, 5.41) is 3.78. The van der Waals surface area contributed by atoms with Crippen LogP contribution in [-0.2, 0) is 32.6 Å². The Kier molecular flexibility index (Phi) is 11.3. The number of benzene rings is 4. The molecule has 7 nitrogen and oxygen atoms in total. The normalized spacial score (nSPS) is 12.0. The zero-order valence-electron chi connectivity index (χ0n) is 24.2. The SMILES string of the molecule is CC(C)NC(=O)[C@@H](Cc1ccccc1)N(Cc1cccc(Cl)c1)C(=O)CN(c1cc(Cl)cc(Cl)c1)S(=O)(=O)c1ccccc1. The molecule has 4 rings (SSSR count). The molecule has 0 saturated carbocycles. The van der Waals surface area contributed by atoms with Crippen molar-refractivity contribution in [2.24, 2.45) is 0 Å². The molecular formula is C33H32Cl3N3O4S. The number of nitrogens with one attached hydrogen (secondary N) is 1. The molecule has 0 aliphatic carbocycles. The molecule has 0 aromatic heterocycles. The van der Waals surface area contributed by atoms with Crippen LogP contribution in [0.25, 0.3) is 0 Å². The predicted octanol–water partition coefficient (Wildman–Crippen LogP) is 7.01. The summed E-state index contributed by atoms with van der Waals surface area (Å²) in [6.07, 6.45) is 0.195. The Balaban J connectivity index is 1.82. The Morgan fingerprint density at radius 3 is 1.93 bits per heavy atom. The molecule has 2 amide bonds. The number of nitrogens with zero attached hydrogens (tertiary/aromatic N) is 2. The van der Waals surface area contributed by atoms with Crippen LogP contribution in [0.1, 0.15) is 25.0 Å². The summed E-state index contributed by atoms with van der Waals surface area (Å²) in [4.78, 5) is 29.5. The Morgan fingerprint density at radius 2 is 1.34 bits per heavy atom. The Morgan fingerprint density at radius 1 is 0.750 bits per heavy atom. The van der Waals surface area contributed by atoms with Crippen LogP contribution in [-0.4, -0.2) is 43.8 Å². The van der Waals surface area contributed by atoms with Gasteiger partial charge in [0.1, 0.15) is 12.6 Å². The van der Waals surface area contributed by atoms with Gasteiger partial charge in [0.15, 0.2) is 0 Å². The number of rotatable bonds is 12. The number of hydrogen-bond donors (Lipinski definition) is 1. The molecule has 1 N–H and O–H groups in total. The molecule has 0 unspecified atom stereocenters. The minimum atomic E-state index is -4.27. The number of amides is 2. The summed E-state index contributed by atoms with van der Waals surface area (Å²) < 4.78 is 29.0. The molecule has 0 aliphatic rings. The maximum absolute atomic E-state index is 14.4. The van der Waals surface area contributed by atoms with Gasteiger partial charge in [0.05, 0.1) is 10.6 Å². The van der Waals surface area contributed by atoms with Gasteiger partial charge in [0.2, 0.25) is 11.8 Å². The van der Waals surface area contributed by atoms with Crippen molar-refractivity contribution in [1.29, 1.82) is 0 Å². The van der Waals surface area contributed by atoms with Crippen LogP contribution < -0.4 is 9.62 Å². The van der Waals surface area contributed by atoms with Crippen LogP contribution in [0, 0.1) is 0 Å². The number of carbonyl (C=O) groups excluding carboxylic acids is 2. The van der Waals surface area contributed by atoms with Crippen molar-refractivity contribution >= 4 is 62.3 Å². The number of carbonyl (C=O) groups is 2. The van der Waals surface area contributed by atoms with E-state index in [1.807, 2.05) is 44.2 Å². The summed E-state index contributed by atoms with van der Waals surface area (Å²) >= 11 is 18.8. The lowest BCUT2D eigenvalue weighted by Gasteiger charge is -2.34. The van der Waals surface area contributed by atoms with Crippen LogP contribution in [0.2, 0.25) is 15.1 Å². The van der Waals surface area contributed by atoms with Crippen molar-refractivity contribution < 1.29 is 18.0 Å². The largest absolute Gasteiger partial charge is 0.352 e. The molecule has 11 heteroatoms. The first kappa shape index (κ1) is 33.3. The first-order valence-corrected chi connectivity index (χ1v) is 16.4. The molecule has 0 fully saturated rings. The third-order valence-electron chi connectivity index (χ3n) is 6.69. The summed E-state index contributed by atoms with van der Waals surface area (Å²) in [6.45, 7) is 3.03. The van der Waals surface area contributed by atoms with Gasteiger partial charge in [-0.25, -0.2) is 8.42 Å². The zero-order chi connectivity index (χ0) is 31.9. The van der Waals surface area contributed by atoms with E-state index in [2.05, 4.69) is 5.32 Å². The molecule has 1 atom stereocenters. The van der Waals surface area contributed by atoms with Crippen LogP contribution >= 0.6 is 34.8 Å². The molecule has 0 aliphatic heterocycles. The molecule has 0 heterocycles. The quantitative estimate of drug-likeness (QED) is 0.176. The molecule has 0 bridgehead atoms. The van der Waals surface area contributed by atoms with E-state index in [1.165, 1.54) is 35.2 Å². The summed E-state index contributed by atoms with van der Waals surface area (Å²) in [6, 6.07) is 27.2. The van der Waals surface area contributed by atoms with E-state index in [0.29, 0.717) is 10.6 Å². The van der Waals surface area contributed by atoms with E-state index in [9.17, 15) is 18.0 Å². The Labute approximate surface area is 273 Å². The molecule has 44 heavy (non-hydrogen) atoms. The minimum absolute atomic E-state index is 0.00205. The first-order chi connectivity index (χ1) is 20.9. The zero-order valence-corrected chi connectivity index (χ0v) is 27.2. The fourth-order valence-corrected chi connectivity index (χ4v) is 6.84. The fraction of sp³-hybridized carbons (Fsp3) is 0.212. The molecule has 230 valence electrons. The van der Waals surface area contributed by atoms with E-state index < -0.39 is 28.5 Å². The van der Waals surface area contributed by atoms with Crippen molar-refractivity contribution in [3.8, 4) is 0 Å². The number of hydrogen-bond acceptors (Lipinski definition) is 4. The second kappa shape index (κ2) is 14.9. The Bertz CT molecular complexity index is 1680. The highest BCUT2D eigenvalue weighted by atomic mass is 35.5. The van der Waals surface area contributed by atoms with E-state index in [-0.39, 0.29) is 45.5 Å². The molecular weight excluding hydrogens is 641 g/mol. The van der Waals surface area contributed by atoms with Crippen molar-refractivity contribution in [3.05, 3.63) is 129 Å². The molecule has 0 spiro atoms. The van der Waals surface area contributed by atoms with E-state index >= 15 is 0 Å². The highest BCUT2D eigenvalue weighted by molar-refractivity contribution is 7.92. The third kappa shape index (κ3) is 8.76. The van der Waals surface area contributed by atoms with Crippen molar-refractivity contribution in [2.75, 3.05) is 10.8 Å². The molecule has 0 radical (unpaired) electrons. The summed E-state index contributed by atoms with van der Waals surface area (Å²) in [5.74, 6) is -0.983. The maximum Gasteiger partial charge on any atom is 0.264 e. The van der Waals surface area contributed by atoms with Crippen LogP contribution in [0.3, 0.4) is 0 Å². The van der Waals surface area contributed by atoms with Gasteiger partial charge >= 0.3 is 0 Å². The lowest BCUT2D eigenvalue weighted by Crippen LogP contribution is -2.54. The van der Waals surface area contributed by atoms with Gasteiger partial charge in [0.25, 0.3) is 10.0 Å². The van der Waals surface area contributed by atoms with Crippen LogP contribution in [0.15, 0.2) is 108 Å². The van der Waals surface area contributed by atoms with Gasteiger partial charge in [0, 0.05) is 34.1 Å². The van der Waals surface area contributed by atoms with Crippen molar-refractivity contribution in [2.45, 2.75) is 43.8 Å². The number of anilines is 1. The second-order valence-electron chi connectivity index (χ2n) is 10.5. The molecule has 0 saturated heterocycles.